The van der Waals surface area contributed by atoms with Crippen LogP contribution in [0.25, 0.3) is 0 Å². The summed E-state index contributed by atoms with van der Waals surface area (Å²) in [5.41, 5.74) is 1.33. The highest BCUT2D eigenvalue weighted by Gasteiger charge is 2.07. The minimum atomic E-state index is -0.380. The Bertz CT molecular complexity index is 387. The van der Waals surface area contributed by atoms with Gasteiger partial charge in [0.05, 0.1) is 7.11 Å². The van der Waals surface area contributed by atoms with Crippen molar-refractivity contribution in [1.82, 2.24) is 15.6 Å². The summed E-state index contributed by atoms with van der Waals surface area (Å²) < 4.78 is 4.58. The van der Waals surface area contributed by atoms with Crippen LogP contribution >= 0.6 is 0 Å². The van der Waals surface area contributed by atoms with Crippen molar-refractivity contribution in [3.8, 4) is 0 Å². The molecule has 0 unspecified atom stereocenters. The second kappa shape index (κ2) is 6.70. The molecule has 3 N–H and O–H groups in total. The molecule has 0 aromatic carbocycles. The summed E-state index contributed by atoms with van der Waals surface area (Å²) in [6, 6.07) is 3.49. The van der Waals surface area contributed by atoms with Crippen LogP contribution in [0.2, 0.25) is 0 Å². The first-order valence-corrected chi connectivity index (χ1v) is 5.35. The van der Waals surface area contributed by atoms with E-state index in [1.807, 2.05) is 6.07 Å². The largest absolute Gasteiger partial charge is 0.464 e. The first-order valence-electron chi connectivity index (χ1n) is 5.35. The van der Waals surface area contributed by atoms with E-state index in [2.05, 4.69) is 20.4 Å². The molecule has 6 heteroatoms. The third-order valence-electron chi connectivity index (χ3n) is 2.14. The van der Waals surface area contributed by atoms with E-state index in [0.29, 0.717) is 25.3 Å². The molecule has 1 heterocycles. The minimum Gasteiger partial charge on any atom is -0.464 e. The molecule has 1 amide bonds. The number of carbonyl (C=O) groups is 2. The molecule has 0 aliphatic rings. The molecule has 1 rings (SSSR count). The highest BCUT2D eigenvalue weighted by molar-refractivity contribution is 5.87. The van der Waals surface area contributed by atoms with Gasteiger partial charge in [0.2, 0.25) is 5.91 Å². The molecule has 1 aromatic heterocycles. The van der Waals surface area contributed by atoms with E-state index in [1.165, 1.54) is 14.0 Å². The average Bonchev–Trinajstić information content (AvgIpc) is 2.76. The summed E-state index contributed by atoms with van der Waals surface area (Å²) in [5.74, 6) is -0.422. The molecule has 1 aromatic rings. The molecule has 0 atom stereocenters. The maximum atomic E-state index is 11.2. The van der Waals surface area contributed by atoms with Crippen molar-refractivity contribution in [1.29, 1.82) is 0 Å². The standard InChI is InChI=1S/C11H17N3O3/c1-8(15)13-6-5-12-7-9-3-4-10(14-9)11(16)17-2/h3-4,12,14H,5-7H2,1-2H3,(H,13,15). The van der Waals surface area contributed by atoms with Crippen molar-refractivity contribution in [2.45, 2.75) is 13.5 Å². The lowest BCUT2D eigenvalue weighted by Crippen LogP contribution is -2.29. The predicted octanol–water partition coefficient (Wildman–Crippen LogP) is 0.0270. The van der Waals surface area contributed by atoms with E-state index in [1.54, 1.807) is 6.07 Å². The summed E-state index contributed by atoms with van der Waals surface area (Å²) in [6.45, 7) is 3.34. The first kappa shape index (κ1) is 13.2. The number of amides is 1. The van der Waals surface area contributed by atoms with Gasteiger partial charge in [-0.05, 0) is 12.1 Å². The van der Waals surface area contributed by atoms with Gasteiger partial charge in [-0.15, -0.1) is 0 Å². The van der Waals surface area contributed by atoms with Crippen LogP contribution in [0.1, 0.15) is 23.1 Å². The third-order valence-corrected chi connectivity index (χ3v) is 2.14. The van der Waals surface area contributed by atoms with Crippen LogP contribution in [0.4, 0.5) is 0 Å². The van der Waals surface area contributed by atoms with Gasteiger partial charge in [-0.25, -0.2) is 4.79 Å². The van der Waals surface area contributed by atoms with Crippen LogP contribution in [-0.4, -0.2) is 37.1 Å². The number of carbonyl (C=O) groups excluding carboxylic acids is 2. The minimum absolute atomic E-state index is 0.0420. The van der Waals surface area contributed by atoms with Gasteiger partial charge in [-0.2, -0.15) is 0 Å². The Labute approximate surface area is 99.7 Å². The summed E-state index contributed by atoms with van der Waals surface area (Å²) in [7, 11) is 1.34. The van der Waals surface area contributed by atoms with Gasteiger partial charge in [0.1, 0.15) is 5.69 Å². The van der Waals surface area contributed by atoms with Crippen molar-refractivity contribution in [3.63, 3.8) is 0 Å². The highest BCUT2D eigenvalue weighted by atomic mass is 16.5. The molecular weight excluding hydrogens is 222 g/mol. The second-order valence-corrected chi connectivity index (χ2v) is 3.55. The Hall–Kier alpha value is -1.82. The van der Waals surface area contributed by atoms with Gasteiger partial charge < -0.3 is 20.4 Å². The summed E-state index contributed by atoms with van der Waals surface area (Å²) in [5, 5.41) is 5.81. The molecule has 0 bridgehead atoms. The lowest BCUT2D eigenvalue weighted by Gasteiger charge is -2.03. The van der Waals surface area contributed by atoms with Crippen molar-refractivity contribution in [2.24, 2.45) is 0 Å². The van der Waals surface area contributed by atoms with Crippen molar-refractivity contribution < 1.29 is 14.3 Å². The molecule has 0 aliphatic heterocycles. The van der Waals surface area contributed by atoms with Gasteiger partial charge in [0.15, 0.2) is 0 Å². The molecule has 0 saturated heterocycles. The van der Waals surface area contributed by atoms with Crippen molar-refractivity contribution in [3.05, 3.63) is 23.5 Å². The maximum absolute atomic E-state index is 11.2. The van der Waals surface area contributed by atoms with E-state index >= 15 is 0 Å². The number of aromatic nitrogens is 1. The Morgan fingerprint density at radius 1 is 1.35 bits per heavy atom. The van der Waals surface area contributed by atoms with E-state index < -0.39 is 0 Å². The molecule has 0 radical (unpaired) electrons. The lowest BCUT2D eigenvalue weighted by molar-refractivity contribution is -0.118. The number of H-pyrrole nitrogens is 1. The second-order valence-electron chi connectivity index (χ2n) is 3.55. The zero-order chi connectivity index (χ0) is 12.7. The van der Waals surface area contributed by atoms with Gasteiger partial charge in [0.25, 0.3) is 0 Å². The number of methoxy groups -OCH3 is 1. The fourth-order valence-electron chi connectivity index (χ4n) is 1.32. The fourth-order valence-corrected chi connectivity index (χ4v) is 1.32. The Balaban J connectivity index is 2.25. The molecular formula is C11H17N3O3. The Morgan fingerprint density at radius 3 is 2.76 bits per heavy atom. The summed E-state index contributed by atoms with van der Waals surface area (Å²) >= 11 is 0. The molecule has 17 heavy (non-hydrogen) atoms. The molecule has 0 saturated carbocycles. The van der Waals surface area contributed by atoms with E-state index in [4.69, 9.17) is 0 Å². The van der Waals surface area contributed by atoms with Gasteiger partial charge in [-0.3, -0.25) is 4.79 Å². The van der Waals surface area contributed by atoms with Gasteiger partial charge >= 0.3 is 5.97 Å². The zero-order valence-corrected chi connectivity index (χ0v) is 10.0. The average molecular weight is 239 g/mol. The van der Waals surface area contributed by atoms with Crippen LogP contribution < -0.4 is 10.6 Å². The third kappa shape index (κ3) is 4.69. The molecule has 94 valence electrons. The number of esters is 1. The van der Waals surface area contributed by atoms with E-state index in [0.717, 1.165) is 5.69 Å². The van der Waals surface area contributed by atoms with Gasteiger partial charge in [-0.1, -0.05) is 0 Å². The van der Waals surface area contributed by atoms with Crippen LogP contribution in [0.15, 0.2) is 12.1 Å². The van der Waals surface area contributed by atoms with E-state index in [-0.39, 0.29) is 11.9 Å². The predicted molar refractivity (Wildman–Crippen MR) is 62.5 cm³/mol. The lowest BCUT2D eigenvalue weighted by atomic mass is 10.4. The van der Waals surface area contributed by atoms with Crippen molar-refractivity contribution >= 4 is 11.9 Å². The van der Waals surface area contributed by atoms with Crippen molar-refractivity contribution in [2.75, 3.05) is 20.2 Å². The number of rotatable bonds is 6. The first-order chi connectivity index (χ1) is 8.13. The van der Waals surface area contributed by atoms with Crippen LogP contribution in [0.5, 0.6) is 0 Å². The number of ether oxygens (including phenoxy) is 1. The molecule has 0 aliphatic carbocycles. The number of hydrogen-bond donors (Lipinski definition) is 3. The summed E-state index contributed by atoms with van der Waals surface area (Å²) in [4.78, 5) is 24.7. The number of aromatic amines is 1. The Kier molecular flexibility index (Phi) is 5.22. The fraction of sp³-hybridized carbons (Fsp3) is 0.455. The topological polar surface area (TPSA) is 83.2 Å². The van der Waals surface area contributed by atoms with Gasteiger partial charge in [0, 0.05) is 32.3 Å². The highest BCUT2D eigenvalue weighted by Crippen LogP contribution is 2.02. The van der Waals surface area contributed by atoms with E-state index in [9.17, 15) is 9.59 Å². The van der Waals surface area contributed by atoms with Crippen LogP contribution in [-0.2, 0) is 16.1 Å². The van der Waals surface area contributed by atoms with Crippen LogP contribution in [0, 0.1) is 0 Å². The zero-order valence-electron chi connectivity index (χ0n) is 10.0. The molecule has 0 fully saturated rings. The van der Waals surface area contributed by atoms with Crippen LogP contribution in [0.3, 0.4) is 0 Å². The smallest absolute Gasteiger partial charge is 0.354 e. The summed E-state index contributed by atoms with van der Waals surface area (Å²) in [6.07, 6.45) is 0. The Morgan fingerprint density at radius 2 is 2.12 bits per heavy atom. The normalized spacial score (nSPS) is 10.0. The SMILES string of the molecule is COC(=O)c1ccc(CNCCNC(C)=O)[nH]1. The monoisotopic (exact) mass is 239 g/mol. The number of nitrogens with one attached hydrogen (secondary N) is 3. The maximum Gasteiger partial charge on any atom is 0.354 e. The molecule has 6 nitrogen and oxygen atoms in total. The quantitative estimate of drug-likeness (QED) is 0.483. The number of hydrogen-bond acceptors (Lipinski definition) is 4. The molecule has 0 spiro atoms.